The summed E-state index contributed by atoms with van der Waals surface area (Å²) in [4.78, 5) is 0. The van der Waals surface area contributed by atoms with Gasteiger partial charge in [0.25, 0.3) is 0 Å². The van der Waals surface area contributed by atoms with Gasteiger partial charge in [0.15, 0.2) is 0 Å². The Kier molecular flexibility index (Phi) is 9.67. The lowest BCUT2D eigenvalue weighted by atomic mass is 9.88. The van der Waals surface area contributed by atoms with Gasteiger partial charge in [0.1, 0.15) is 11.5 Å². The average molecular weight is 437 g/mol. The summed E-state index contributed by atoms with van der Waals surface area (Å²) in [5, 5.41) is 0.843. The molecule has 0 aliphatic carbocycles. The summed E-state index contributed by atoms with van der Waals surface area (Å²) in [7, 11) is 0. The number of hydrogen-bond donors (Lipinski definition) is 0. The first-order valence-corrected chi connectivity index (χ1v) is 10.4. The molecule has 0 fully saturated rings. The minimum atomic E-state index is -0.435. The molecule has 27 heavy (non-hydrogen) atoms. The van der Waals surface area contributed by atoms with Crippen molar-refractivity contribution >= 4 is 15.9 Å². The molecule has 4 nitrogen and oxygen atoms in total. The van der Waals surface area contributed by atoms with Gasteiger partial charge in [-0.3, -0.25) is 0 Å². The quantitative estimate of drug-likeness (QED) is 0.242. The second-order valence-electron chi connectivity index (χ2n) is 6.85. The molecule has 0 unspecified atom stereocenters. The topological polar surface area (TPSA) is 36.9 Å². The molecule has 0 atom stereocenters. The number of ether oxygens (including phenoxy) is 4. The molecule has 0 aromatic heterocycles. The molecule has 2 rings (SSSR count). The predicted octanol–water partition coefficient (Wildman–Crippen LogP) is 5.31. The van der Waals surface area contributed by atoms with Crippen molar-refractivity contribution in [3.05, 3.63) is 60.7 Å². The summed E-state index contributed by atoms with van der Waals surface area (Å²) in [5.41, 5.74) is -0.248. The largest absolute Gasteiger partial charge is 0.454 e. The van der Waals surface area contributed by atoms with Crippen molar-refractivity contribution in [2.45, 2.75) is 26.6 Å². The van der Waals surface area contributed by atoms with Crippen LogP contribution in [0.4, 0.5) is 0 Å². The molecule has 0 aliphatic heterocycles. The molecular formula is C22H29BrO4. The normalized spacial score (nSPS) is 11.6. The van der Waals surface area contributed by atoms with E-state index in [4.69, 9.17) is 18.9 Å². The van der Waals surface area contributed by atoms with Crippen LogP contribution in [0.15, 0.2) is 60.7 Å². The van der Waals surface area contributed by atoms with Crippen LogP contribution in [0, 0.1) is 5.41 Å². The molecule has 2 aromatic carbocycles. The van der Waals surface area contributed by atoms with Gasteiger partial charge in [0.05, 0.1) is 19.8 Å². The molecule has 0 heterocycles. The number of rotatable bonds is 13. The molecule has 0 amide bonds. The highest BCUT2D eigenvalue weighted by Gasteiger charge is 2.33. The molecule has 0 saturated heterocycles. The molecule has 2 aromatic rings. The molecule has 0 spiro atoms. The van der Waals surface area contributed by atoms with E-state index < -0.39 is 6.29 Å². The van der Waals surface area contributed by atoms with Gasteiger partial charge in [-0.1, -0.05) is 66.2 Å². The van der Waals surface area contributed by atoms with Crippen LogP contribution in [0.25, 0.3) is 0 Å². The van der Waals surface area contributed by atoms with E-state index in [9.17, 15) is 0 Å². The van der Waals surface area contributed by atoms with Gasteiger partial charge in [-0.05, 0) is 30.7 Å². The number of halogens is 1. The fourth-order valence-electron chi connectivity index (χ4n) is 2.42. The average Bonchev–Trinajstić information content (AvgIpc) is 2.68. The van der Waals surface area contributed by atoms with Gasteiger partial charge in [0.2, 0.25) is 6.29 Å². The molecule has 0 N–H and O–H groups in total. The summed E-state index contributed by atoms with van der Waals surface area (Å²) >= 11 is 3.33. The third-order valence-corrected chi connectivity index (χ3v) is 4.42. The molecule has 0 aliphatic rings. The Morgan fingerprint density at radius 3 is 1.70 bits per heavy atom. The molecule has 0 saturated carbocycles. The second-order valence-corrected chi connectivity index (χ2v) is 7.64. The summed E-state index contributed by atoms with van der Waals surface area (Å²) in [5.74, 6) is 1.58. The van der Waals surface area contributed by atoms with Crippen LogP contribution < -0.4 is 9.47 Å². The van der Waals surface area contributed by atoms with Crippen LogP contribution in [0.3, 0.4) is 0 Å². The van der Waals surface area contributed by atoms with E-state index in [2.05, 4.69) is 29.8 Å². The Morgan fingerprint density at radius 1 is 0.741 bits per heavy atom. The van der Waals surface area contributed by atoms with E-state index in [1.807, 2.05) is 60.7 Å². The summed E-state index contributed by atoms with van der Waals surface area (Å²) in [6, 6.07) is 19.5. The third-order valence-electron chi connectivity index (χ3n) is 4.09. The van der Waals surface area contributed by atoms with E-state index in [0.717, 1.165) is 23.2 Å². The summed E-state index contributed by atoms with van der Waals surface area (Å²) in [6.07, 6.45) is 0.367. The lowest BCUT2D eigenvalue weighted by molar-refractivity contribution is -0.0926. The fraction of sp³-hybridized carbons (Fsp3) is 0.455. The minimum absolute atomic E-state index is 0.248. The lowest BCUT2D eigenvalue weighted by Crippen LogP contribution is -2.40. The number of benzene rings is 2. The Bertz CT molecular complexity index is 577. The molecule has 148 valence electrons. The monoisotopic (exact) mass is 436 g/mol. The Labute approximate surface area is 170 Å². The zero-order valence-corrected chi connectivity index (χ0v) is 17.7. The van der Waals surface area contributed by atoms with Crippen LogP contribution in [0.2, 0.25) is 0 Å². The van der Waals surface area contributed by atoms with Crippen LogP contribution in [0.1, 0.15) is 20.3 Å². The Morgan fingerprint density at radius 2 is 1.22 bits per heavy atom. The van der Waals surface area contributed by atoms with Gasteiger partial charge in [0, 0.05) is 17.4 Å². The molecule has 0 bridgehead atoms. The SMILES string of the molecule is CC(C)(CCOCCOCCBr)C(Oc1ccccc1)Oc1ccccc1. The van der Waals surface area contributed by atoms with E-state index in [0.29, 0.717) is 26.4 Å². The van der Waals surface area contributed by atoms with Gasteiger partial charge < -0.3 is 18.9 Å². The van der Waals surface area contributed by atoms with Crippen LogP contribution >= 0.6 is 15.9 Å². The molecule has 5 heteroatoms. The highest BCUT2D eigenvalue weighted by Crippen LogP contribution is 2.31. The van der Waals surface area contributed by atoms with E-state index in [-0.39, 0.29) is 5.41 Å². The van der Waals surface area contributed by atoms with Crippen molar-refractivity contribution in [3.63, 3.8) is 0 Å². The first kappa shape index (κ1) is 21.7. The first-order chi connectivity index (χ1) is 13.1. The third kappa shape index (κ3) is 8.33. The first-order valence-electron chi connectivity index (χ1n) is 9.27. The van der Waals surface area contributed by atoms with Crippen LogP contribution in [0.5, 0.6) is 11.5 Å². The van der Waals surface area contributed by atoms with E-state index >= 15 is 0 Å². The second kappa shape index (κ2) is 12.0. The standard InChI is InChI=1S/C22H29BrO4/c1-22(2,13-15-24-17-18-25-16-14-23)21(26-19-9-5-3-6-10-19)27-20-11-7-4-8-12-20/h3-12,21H,13-18H2,1-2H3. The van der Waals surface area contributed by atoms with Crippen molar-refractivity contribution in [3.8, 4) is 11.5 Å². The maximum absolute atomic E-state index is 6.19. The van der Waals surface area contributed by atoms with Crippen molar-refractivity contribution in [1.82, 2.24) is 0 Å². The van der Waals surface area contributed by atoms with E-state index in [1.54, 1.807) is 0 Å². The minimum Gasteiger partial charge on any atom is -0.454 e. The maximum atomic E-state index is 6.19. The van der Waals surface area contributed by atoms with Crippen molar-refractivity contribution in [2.24, 2.45) is 5.41 Å². The fourth-order valence-corrected chi connectivity index (χ4v) is 2.65. The Balaban J connectivity index is 1.93. The van der Waals surface area contributed by atoms with Crippen molar-refractivity contribution < 1.29 is 18.9 Å². The zero-order valence-electron chi connectivity index (χ0n) is 16.1. The highest BCUT2D eigenvalue weighted by atomic mass is 79.9. The summed E-state index contributed by atoms with van der Waals surface area (Å²) in [6.45, 7) is 6.79. The number of para-hydroxylation sites is 2. The van der Waals surface area contributed by atoms with Gasteiger partial charge in [-0.25, -0.2) is 0 Å². The van der Waals surface area contributed by atoms with Crippen LogP contribution in [-0.2, 0) is 9.47 Å². The van der Waals surface area contributed by atoms with Gasteiger partial charge in [-0.2, -0.15) is 0 Å². The number of alkyl halides is 1. The maximum Gasteiger partial charge on any atom is 0.246 e. The van der Waals surface area contributed by atoms with Crippen molar-refractivity contribution in [1.29, 1.82) is 0 Å². The van der Waals surface area contributed by atoms with Gasteiger partial charge >= 0.3 is 0 Å². The smallest absolute Gasteiger partial charge is 0.246 e. The number of hydrogen-bond acceptors (Lipinski definition) is 4. The van der Waals surface area contributed by atoms with Crippen LogP contribution in [-0.4, -0.2) is 38.0 Å². The molecular weight excluding hydrogens is 408 g/mol. The van der Waals surface area contributed by atoms with E-state index in [1.165, 1.54) is 0 Å². The zero-order chi connectivity index (χ0) is 19.4. The molecule has 0 radical (unpaired) electrons. The van der Waals surface area contributed by atoms with Crippen molar-refractivity contribution in [2.75, 3.05) is 31.8 Å². The summed E-state index contributed by atoms with van der Waals surface area (Å²) < 4.78 is 23.5. The highest BCUT2D eigenvalue weighted by molar-refractivity contribution is 9.09. The Hall–Kier alpha value is -1.56. The lowest BCUT2D eigenvalue weighted by Gasteiger charge is -2.34. The van der Waals surface area contributed by atoms with Gasteiger partial charge in [-0.15, -0.1) is 0 Å². The predicted molar refractivity (Wildman–Crippen MR) is 112 cm³/mol.